The van der Waals surface area contributed by atoms with Crippen molar-refractivity contribution in [3.05, 3.63) is 59.4 Å². The van der Waals surface area contributed by atoms with Crippen LogP contribution in [0.5, 0.6) is 0 Å². The van der Waals surface area contributed by atoms with Gasteiger partial charge in [-0.1, -0.05) is 25.5 Å². The summed E-state index contributed by atoms with van der Waals surface area (Å²) in [7, 11) is 0. The van der Waals surface area contributed by atoms with E-state index in [1.54, 1.807) is 11.1 Å². The van der Waals surface area contributed by atoms with Crippen molar-refractivity contribution in [3.63, 3.8) is 0 Å². The second kappa shape index (κ2) is 15.7. The summed E-state index contributed by atoms with van der Waals surface area (Å²) in [5.41, 5.74) is 8.75. The van der Waals surface area contributed by atoms with Crippen molar-refractivity contribution in [1.29, 1.82) is 0 Å². The minimum absolute atomic E-state index is 0.0499. The maximum atomic E-state index is 12.8. The van der Waals surface area contributed by atoms with Crippen molar-refractivity contribution >= 4 is 58.8 Å². The molecule has 15 nitrogen and oxygen atoms in total. The molecule has 0 spiro atoms. The number of carboxylic acids is 1. The summed E-state index contributed by atoms with van der Waals surface area (Å²) in [5.74, 6) is -1.93. The van der Waals surface area contributed by atoms with E-state index >= 15 is 0 Å². The molecular formula is C36H43N8O7S+. The molecule has 0 radical (unpaired) electrons. The SMILES string of the molecule is CC1CC(=O)N(CCCNC(=O)CCCCCN2C(=O)CC(S[C@H]3C[C@]3(N)C(=O)O)C2=O)N=C1c1ccc(NC(=O)N2Cc3c#[n+]ccc3C2)cc1. The summed E-state index contributed by atoms with van der Waals surface area (Å²) in [6.07, 6.45) is 7.92. The average Bonchev–Trinajstić information content (AvgIpc) is 3.45. The van der Waals surface area contributed by atoms with Gasteiger partial charge < -0.3 is 26.4 Å². The second-order valence-electron chi connectivity index (χ2n) is 13.8. The number of nitrogens with one attached hydrogen (secondary N) is 2. The van der Waals surface area contributed by atoms with Gasteiger partial charge in [-0.3, -0.25) is 28.9 Å². The zero-order valence-corrected chi connectivity index (χ0v) is 29.8. The molecular weight excluding hydrogens is 689 g/mol. The predicted molar refractivity (Wildman–Crippen MR) is 189 cm³/mol. The number of unbranched alkanes of at least 4 members (excludes halogenated alkanes) is 2. The Balaban J connectivity index is 0.872. The lowest BCUT2D eigenvalue weighted by molar-refractivity contribution is -0.294. The fourth-order valence-corrected chi connectivity index (χ4v) is 8.19. The van der Waals surface area contributed by atoms with Gasteiger partial charge in [0.25, 0.3) is 0 Å². The average molecular weight is 732 g/mol. The van der Waals surface area contributed by atoms with Crippen molar-refractivity contribution in [2.24, 2.45) is 16.8 Å². The summed E-state index contributed by atoms with van der Waals surface area (Å²) in [6.45, 7) is 3.94. The topological polar surface area (TPSA) is 209 Å². The number of benzene rings is 1. The van der Waals surface area contributed by atoms with Crippen LogP contribution < -0.4 is 21.4 Å². The number of rotatable bonds is 15. The highest BCUT2D eigenvalue weighted by Crippen LogP contribution is 2.47. The standard InChI is InChI=1S/C36H42N8O7S/c1-22-16-31(47)44(41-32(22)23-7-9-26(10-8-23)40-35(51)42-20-24-11-13-38-19-25(24)21-42)15-5-12-39-29(45)6-3-2-4-14-43-30(46)17-27(33(43)48)52-28-18-36(28,37)34(49)50/h7-11,13,22,27-28H,2-6,12,14-18,20-21,37H2,1H3,(H2-,39,40,41,45,49,50,51)/p+1/t22?,27?,28-,36+/m0/s1. The van der Waals surface area contributed by atoms with Gasteiger partial charge in [0.2, 0.25) is 23.6 Å². The highest BCUT2D eigenvalue weighted by atomic mass is 32.2. The van der Waals surface area contributed by atoms with Crippen LogP contribution in [0.4, 0.5) is 10.5 Å². The van der Waals surface area contributed by atoms with Gasteiger partial charge in [-0.05, 0) is 53.9 Å². The third kappa shape index (κ3) is 8.37. The quantitative estimate of drug-likeness (QED) is 0.154. The van der Waals surface area contributed by atoms with E-state index in [1.165, 1.54) is 21.7 Å². The molecule has 2 aromatic rings. The largest absolute Gasteiger partial charge is 0.480 e. The first-order valence-electron chi connectivity index (χ1n) is 17.6. The number of urea groups is 1. The number of nitrogens with two attached hydrogens (primary N) is 1. The van der Waals surface area contributed by atoms with Crippen LogP contribution in [0, 0.1) is 12.1 Å². The number of aromatic nitrogens is 1. The normalized spacial score (nSPS) is 23.7. The third-order valence-electron chi connectivity index (χ3n) is 9.85. The van der Waals surface area contributed by atoms with Crippen molar-refractivity contribution in [3.8, 4) is 0 Å². The Labute approximate surface area is 305 Å². The van der Waals surface area contributed by atoms with E-state index in [-0.39, 0.29) is 60.2 Å². The van der Waals surface area contributed by atoms with E-state index in [4.69, 9.17) is 5.73 Å². The smallest absolute Gasteiger partial charge is 0.324 e. The molecule has 2 unspecified atom stereocenters. The van der Waals surface area contributed by atoms with Gasteiger partial charge in [0.1, 0.15) is 11.1 Å². The van der Waals surface area contributed by atoms with E-state index in [0.717, 1.165) is 22.4 Å². The number of imide groups is 1. The van der Waals surface area contributed by atoms with Gasteiger partial charge in [-0.25, -0.2) is 9.80 Å². The molecule has 274 valence electrons. The van der Waals surface area contributed by atoms with E-state index in [2.05, 4.69) is 26.9 Å². The summed E-state index contributed by atoms with van der Waals surface area (Å²) in [4.78, 5) is 81.3. The number of aliphatic carboxylic acids is 1. The number of amides is 6. The van der Waals surface area contributed by atoms with Crippen LogP contribution in [0.25, 0.3) is 0 Å². The zero-order valence-electron chi connectivity index (χ0n) is 29.0. The van der Waals surface area contributed by atoms with Crippen LogP contribution in [0.1, 0.15) is 75.0 Å². The Hall–Kier alpha value is -5.01. The molecule has 1 aromatic carbocycles. The summed E-state index contributed by atoms with van der Waals surface area (Å²) in [5, 5.41) is 20.2. The Bertz CT molecular complexity index is 1750. The van der Waals surface area contributed by atoms with Gasteiger partial charge in [0, 0.05) is 68.4 Å². The molecule has 2 fully saturated rings. The van der Waals surface area contributed by atoms with Crippen molar-refractivity contribution in [2.45, 2.75) is 87.4 Å². The van der Waals surface area contributed by atoms with Gasteiger partial charge >= 0.3 is 24.4 Å². The zero-order chi connectivity index (χ0) is 37.0. The van der Waals surface area contributed by atoms with Crippen LogP contribution in [0.3, 0.4) is 0 Å². The van der Waals surface area contributed by atoms with E-state index in [0.29, 0.717) is 70.4 Å². The minimum Gasteiger partial charge on any atom is -0.480 e. The molecule has 52 heavy (non-hydrogen) atoms. The number of carboxylic acid groups (broad SMARTS) is 1. The fraction of sp³-hybridized carbons (Fsp3) is 0.500. The Morgan fingerprint density at radius 3 is 2.56 bits per heavy atom. The van der Waals surface area contributed by atoms with E-state index in [9.17, 15) is 33.9 Å². The first-order chi connectivity index (χ1) is 24.9. The number of likely N-dealkylation sites (tertiary alicyclic amines) is 1. The van der Waals surface area contributed by atoms with E-state index in [1.807, 2.05) is 37.3 Å². The van der Waals surface area contributed by atoms with Crippen LogP contribution in [0.2, 0.25) is 0 Å². The maximum Gasteiger partial charge on any atom is 0.324 e. The van der Waals surface area contributed by atoms with Crippen LogP contribution in [-0.2, 0) is 37.1 Å². The lowest BCUT2D eigenvalue weighted by atomic mass is 9.93. The number of hydrogen-bond donors (Lipinski definition) is 4. The lowest BCUT2D eigenvalue weighted by Crippen LogP contribution is -2.38. The number of carbonyl (C=O) groups is 6. The maximum absolute atomic E-state index is 12.8. The van der Waals surface area contributed by atoms with Gasteiger partial charge in [0.15, 0.2) is 0 Å². The summed E-state index contributed by atoms with van der Waals surface area (Å²) < 4.78 is 0. The number of hydrogen-bond acceptors (Lipinski definition) is 9. The molecule has 1 saturated heterocycles. The van der Waals surface area contributed by atoms with Crippen molar-refractivity contribution in [2.75, 3.05) is 25.0 Å². The molecule has 1 aromatic heterocycles. The monoisotopic (exact) mass is 731 g/mol. The van der Waals surface area contributed by atoms with Crippen molar-refractivity contribution in [1.82, 2.24) is 20.1 Å². The number of hydrazone groups is 1. The van der Waals surface area contributed by atoms with Crippen LogP contribution >= 0.6 is 11.8 Å². The number of nitrogens with zero attached hydrogens (tertiary/aromatic N) is 5. The Morgan fingerprint density at radius 2 is 1.83 bits per heavy atom. The molecule has 3 aliphatic heterocycles. The molecule has 16 heteroatoms. The van der Waals surface area contributed by atoms with E-state index < -0.39 is 16.8 Å². The molecule has 4 aliphatic rings. The molecule has 6 rings (SSSR count). The Morgan fingerprint density at radius 1 is 1.04 bits per heavy atom. The molecule has 5 N–H and O–H groups in total. The number of anilines is 1. The molecule has 6 amide bonds. The first-order valence-corrected chi connectivity index (χ1v) is 18.6. The van der Waals surface area contributed by atoms with Crippen LogP contribution in [-0.4, -0.2) is 96.9 Å². The molecule has 4 atom stereocenters. The highest BCUT2D eigenvalue weighted by Gasteiger charge is 2.60. The molecule has 4 heterocycles. The third-order valence-corrected chi connectivity index (χ3v) is 11.5. The lowest BCUT2D eigenvalue weighted by Gasteiger charge is -2.28. The van der Waals surface area contributed by atoms with Gasteiger partial charge in [-0.2, -0.15) is 5.10 Å². The first kappa shape index (κ1) is 36.8. The number of carbonyl (C=O) groups excluding carboxylic acids is 5. The summed E-state index contributed by atoms with van der Waals surface area (Å²) >= 11 is 1.18. The minimum atomic E-state index is -1.32. The Kier molecular flexibility index (Phi) is 11.1. The molecule has 1 saturated carbocycles. The number of thioether (sulfide) groups is 1. The van der Waals surface area contributed by atoms with Crippen LogP contribution in [0.15, 0.2) is 41.6 Å². The highest BCUT2D eigenvalue weighted by molar-refractivity contribution is 8.01. The second-order valence-corrected chi connectivity index (χ2v) is 15.2. The molecule has 1 aliphatic carbocycles. The van der Waals surface area contributed by atoms with Crippen molar-refractivity contribution < 1.29 is 38.9 Å². The molecule has 0 bridgehead atoms. The fourth-order valence-electron chi connectivity index (χ4n) is 6.60. The van der Waals surface area contributed by atoms with Gasteiger partial charge in [0.05, 0.1) is 17.5 Å². The summed E-state index contributed by atoms with van der Waals surface area (Å²) in [6, 6.07) is 9.10. The van der Waals surface area contributed by atoms with Gasteiger partial charge in [-0.15, -0.1) is 11.8 Å². The number of fused-ring (bicyclic) bond motifs is 1. The predicted octanol–water partition coefficient (Wildman–Crippen LogP) is 1.69.